The lowest BCUT2D eigenvalue weighted by Crippen LogP contribution is -1.89. The van der Waals surface area contributed by atoms with E-state index >= 15 is 0 Å². The molecule has 1 aromatic heterocycles. The summed E-state index contributed by atoms with van der Waals surface area (Å²) >= 11 is 0. The number of hydrogen-bond acceptors (Lipinski definition) is 2. The first kappa shape index (κ1) is 10.6. The Balaban J connectivity index is 2.50. The third-order valence-corrected chi connectivity index (χ3v) is 2.28. The predicted octanol–water partition coefficient (Wildman–Crippen LogP) is 2.61. The van der Waals surface area contributed by atoms with Crippen LogP contribution in [0.1, 0.15) is 12.0 Å². The summed E-state index contributed by atoms with van der Waals surface area (Å²) < 4.78 is 26.8. The molecule has 5 heteroatoms. The van der Waals surface area contributed by atoms with Gasteiger partial charge >= 0.3 is 0 Å². The van der Waals surface area contributed by atoms with Crippen LogP contribution in [0.3, 0.4) is 0 Å². The van der Waals surface area contributed by atoms with E-state index in [1.54, 1.807) is 31.3 Å². The molecule has 84 valence electrons. The summed E-state index contributed by atoms with van der Waals surface area (Å²) in [5, 5.41) is 4.03. The molecule has 2 N–H and O–H groups in total. The minimum atomic E-state index is -2.53. The number of nitrogens with two attached hydrogens (primary N) is 1. The smallest absolute Gasteiger partial charge is 0.267 e. The van der Waals surface area contributed by atoms with E-state index in [2.05, 4.69) is 5.10 Å². The number of halogens is 2. The molecule has 1 heterocycles. The van der Waals surface area contributed by atoms with Crippen LogP contribution in [0.4, 0.5) is 14.5 Å². The Morgan fingerprint density at radius 1 is 1.25 bits per heavy atom. The summed E-state index contributed by atoms with van der Waals surface area (Å²) in [7, 11) is 1.62. The number of nitrogen functional groups attached to an aromatic ring is 1. The van der Waals surface area contributed by atoms with E-state index in [0.717, 1.165) is 0 Å². The Bertz CT molecular complexity index is 488. The molecule has 0 atom stereocenters. The van der Waals surface area contributed by atoms with Crippen molar-refractivity contribution in [3.05, 3.63) is 36.0 Å². The first-order chi connectivity index (χ1) is 7.58. The molecule has 0 fully saturated rings. The fourth-order valence-corrected chi connectivity index (χ4v) is 1.53. The number of benzene rings is 1. The molecule has 0 spiro atoms. The number of aromatic nitrogens is 2. The Hall–Kier alpha value is -1.91. The molecular formula is C11H11F2N3. The van der Waals surface area contributed by atoms with Crippen LogP contribution in [0, 0.1) is 0 Å². The summed E-state index contributed by atoms with van der Waals surface area (Å²) in [5.41, 5.74) is 7.01. The van der Waals surface area contributed by atoms with E-state index in [-0.39, 0.29) is 5.56 Å². The van der Waals surface area contributed by atoms with Crippen LogP contribution in [0.2, 0.25) is 0 Å². The Morgan fingerprint density at radius 2 is 1.88 bits per heavy atom. The molecule has 0 radical (unpaired) electrons. The van der Waals surface area contributed by atoms with Crippen molar-refractivity contribution >= 4 is 5.69 Å². The van der Waals surface area contributed by atoms with Crippen molar-refractivity contribution in [2.75, 3.05) is 5.73 Å². The standard InChI is InChI=1S/C11H11F2N3/c1-16-6-9(11(12)13)10(15-16)7-2-4-8(14)5-3-7/h2-6,11H,14H2,1H3. The lowest BCUT2D eigenvalue weighted by atomic mass is 10.1. The van der Waals surface area contributed by atoms with Crippen molar-refractivity contribution in [3.63, 3.8) is 0 Å². The van der Waals surface area contributed by atoms with Gasteiger partial charge in [0.2, 0.25) is 0 Å². The van der Waals surface area contributed by atoms with Crippen LogP contribution in [0.15, 0.2) is 30.5 Å². The molecule has 16 heavy (non-hydrogen) atoms. The van der Waals surface area contributed by atoms with Gasteiger partial charge in [-0.15, -0.1) is 0 Å². The molecule has 0 unspecified atom stereocenters. The maximum Gasteiger partial charge on any atom is 0.267 e. The lowest BCUT2D eigenvalue weighted by Gasteiger charge is -2.01. The van der Waals surface area contributed by atoms with E-state index in [9.17, 15) is 8.78 Å². The molecular weight excluding hydrogens is 212 g/mol. The maximum atomic E-state index is 12.7. The molecule has 1 aromatic carbocycles. The monoisotopic (exact) mass is 223 g/mol. The van der Waals surface area contributed by atoms with Gasteiger partial charge in [0.05, 0.1) is 5.56 Å². The molecule has 0 aliphatic heterocycles. The van der Waals surface area contributed by atoms with E-state index in [0.29, 0.717) is 16.9 Å². The SMILES string of the molecule is Cn1cc(C(F)F)c(-c2ccc(N)cc2)n1. The topological polar surface area (TPSA) is 43.8 Å². The van der Waals surface area contributed by atoms with Crippen molar-refractivity contribution in [2.24, 2.45) is 7.05 Å². The van der Waals surface area contributed by atoms with Crippen molar-refractivity contribution in [2.45, 2.75) is 6.43 Å². The summed E-state index contributed by atoms with van der Waals surface area (Å²) in [6.45, 7) is 0. The fourth-order valence-electron chi connectivity index (χ4n) is 1.53. The van der Waals surface area contributed by atoms with Crippen LogP contribution < -0.4 is 5.73 Å². The highest BCUT2D eigenvalue weighted by Crippen LogP contribution is 2.29. The van der Waals surface area contributed by atoms with E-state index in [1.165, 1.54) is 10.9 Å². The second-order valence-electron chi connectivity index (χ2n) is 3.53. The van der Waals surface area contributed by atoms with Gasteiger partial charge in [0, 0.05) is 24.5 Å². The van der Waals surface area contributed by atoms with Gasteiger partial charge in [-0.2, -0.15) is 5.10 Å². The first-order valence-corrected chi connectivity index (χ1v) is 4.75. The van der Waals surface area contributed by atoms with Crippen LogP contribution in [-0.4, -0.2) is 9.78 Å². The van der Waals surface area contributed by atoms with Crippen LogP contribution in [-0.2, 0) is 7.05 Å². The zero-order valence-corrected chi connectivity index (χ0v) is 8.69. The van der Waals surface area contributed by atoms with E-state index in [1.807, 2.05) is 0 Å². The Kier molecular flexibility index (Phi) is 2.60. The van der Waals surface area contributed by atoms with E-state index in [4.69, 9.17) is 5.73 Å². The number of nitrogens with zero attached hydrogens (tertiary/aromatic N) is 2. The molecule has 0 aliphatic rings. The molecule has 2 rings (SSSR count). The van der Waals surface area contributed by atoms with Gasteiger partial charge in [-0.3, -0.25) is 4.68 Å². The Labute approximate surface area is 91.5 Å². The fraction of sp³-hybridized carbons (Fsp3) is 0.182. The van der Waals surface area contributed by atoms with Gasteiger partial charge < -0.3 is 5.73 Å². The highest BCUT2D eigenvalue weighted by atomic mass is 19.3. The average Bonchev–Trinajstić information content (AvgIpc) is 2.61. The second kappa shape index (κ2) is 3.92. The highest BCUT2D eigenvalue weighted by Gasteiger charge is 2.17. The molecule has 0 amide bonds. The van der Waals surface area contributed by atoms with Crippen molar-refractivity contribution in [1.82, 2.24) is 9.78 Å². The number of anilines is 1. The number of hydrogen-bond donors (Lipinski definition) is 1. The van der Waals surface area contributed by atoms with Crippen molar-refractivity contribution < 1.29 is 8.78 Å². The highest BCUT2D eigenvalue weighted by molar-refractivity contribution is 5.65. The minimum Gasteiger partial charge on any atom is -0.399 e. The van der Waals surface area contributed by atoms with Gasteiger partial charge in [-0.05, 0) is 12.1 Å². The molecule has 0 bridgehead atoms. The minimum absolute atomic E-state index is 0.0627. The third kappa shape index (κ3) is 1.88. The summed E-state index contributed by atoms with van der Waals surface area (Å²) in [6, 6.07) is 6.70. The van der Waals surface area contributed by atoms with Crippen LogP contribution >= 0.6 is 0 Å². The molecule has 0 saturated carbocycles. The second-order valence-corrected chi connectivity index (χ2v) is 3.53. The van der Waals surface area contributed by atoms with Gasteiger partial charge in [-0.1, -0.05) is 12.1 Å². The third-order valence-electron chi connectivity index (χ3n) is 2.28. The predicted molar refractivity (Wildman–Crippen MR) is 58.0 cm³/mol. The molecule has 3 nitrogen and oxygen atoms in total. The lowest BCUT2D eigenvalue weighted by molar-refractivity contribution is 0.152. The van der Waals surface area contributed by atoms with Gasteiger partial charge in [-0.25, -0.2) is 8.78 Å². The normalized spacial score (nSPS) is 11.0. The van der Waals surface area contributed by atoms with Gasteiger partial charge in [0.15, 0.2) is 0 Å². The average molecular weight is 223 g/mol. The summed E-state index contributed by atoms with van der Waals surface area (Å²) in [5.74, 6) is 0. The van der Waals surface area contributed by atoms with Crippen molar-refractivity contribution in [1.29, 1.82) is 0 Å². The first-order valence-electron chi connectivity index (χ1n) is 4.75. The van der Waals surface area contributed by atoms with Crippen LogP contribution in [0.5, 0.6) is 0 Å². The van der Waals surface area contributed by atoms with Gasteiger partial charge in [0.1, 0.15) is 5.69 Å². The summed E-state index contributed by atoms with van der Waals surface area (Å²) in [6.07, 6.45) is -1.20. The quantitative estimate of drug-likeness (QED) is 0.795. The number of alkyl halides is 2. The molecule has 2 aromatic rings. The Morgan fingerprint density at radius 3 is 2.44 bits per heavy atom. The zero-order valence-electron chi connectivity index (χ0n) is 8.69. The van der Waals surface area contributed by atoms with Crippen LogP contribution in [0.25, 0.3) is 11.3 Å². The maximum absolute atomic E-state index is 12.7. The van der Waals surface area contributed by atoms with Crippen molar-refractivity contribution in [3.8, 4) is 11.3 Å². The van der Waals surface area contributed by atoms with E-state index < -0.39 is 6.43 Å². The number of rotatable bonds is 2. The molecule has 0 aliphatic carbocycles. The number of aryl methyl sites for hydroxylation is 1. The molecule has 0 saturated heterocycles. The van der Waals surface area contributed by atoms with Gasteiger partial charge in [0.25, 0.3) is 6.43 Å². The zero-order chi connectivity index (χ0) is 11.7. The largest absolute Gasteiger partial charge is 0.399 e. The summed E-state index contributed by atoms with van der Waals surface area (Å²) in [4.78, 5) is 0.